The average Bonchev–Trinajstić information content (AvgIpc) is 2.57. The Morgan fingerprint density at radius 1 is 1.15 bits per heavy atom. The zero-order valence-corrected chi connectivity index (χ0v) is 16.9. The average molecular weight is 378 g/mol. The van der Waals surface area contributed by atoms with E-state index in [2.05, 4.69) is 26.1 Å². The molecule has 0 aliphatic carbocycles. The molecule has 7 nitrogen and oxygen atoms in total. The minimum atomic E-state index is -1.12. The Labute approximate surface area is 160 Å². The fourth-order valence-electron chi connectivity index (χ4n) is 2.50. The number of hydrogen-bond acceptors (Lipinski definition) is 4. The van der Waals surface area contributed by atoms with Crippen molar-refractivity contribution in [2.24, 2.45) is 0 Å². The maximum Gasteiger partial charge on any atom is 0.326 e. The monoisotopic (exact) mass is 378 g/mol. The summed E-state index contributed by atoms with van der Waals surface area (Å²) in [4.78, 5) is 36.3. The number of hydrogen-bond donors (Lipinski definition) is 2. The first-order valence-corrected chi connectivity index (χ1v) is 8.98. The lowest BCUT2D eigenvalue weighted by Crippen LogP contribution is -2.51. The fraction of sp³-hybridized carbons (Fsp3) is 0.550. The van der Waals surface area contributed by atoms with Gasteiger partial charge in [0.2, 0.25) is 5.91 Å². The number of amides is 2. The molecule has 0 aromatic heterocycles. The molecule has 7 heteroatoms. The summed E-state index contributed by atoms with van der Waals surface area (Å²) in [5.41, 5.74) is 1.16. The van der Waals surface area contributed by atoms with Crippen molar-refractivity contribution >= 4 is 17.8 Å². The molecule has 0 fully saturated rings. The first kappa shape index (κ1) is 22.5. The van der Waals surface area contributed by atoms with E-state index in [1.807, 2.05) is 12.1 Å². The van der Waals surface area contributed by atoms with Gasteiger partial charge in [-0.1, -0.05) is 32.9 Å². The Kier molecular flexibility index (Phi) is 7.82. The number of carboxylic acid groups (broad SMARTS) is 1. The molecule has 27 heavy (non-hydrogen) atoms. The zero-order chi connectivity index (χ0) is 20.8. The van der Waals surface area contributed by atoms with Gasteiger partial charge in [0.1, 0.15) is 11.8 Å². The second-order valence-corrected chi connectivity index (χ2v) is 7.56. The summed E-state index contributed by atoms with van der Waals surface area (Å²) in [5, 5.41) is 11.8. The summed E-state index contributed by atoms with van der Waals surface area (Å²) in [6, 6.07) is 6.46. The van der Waals surface area contributed by atoms with E-state index in [1.54, 1.807) is 19.1 Å². The highest BCUT2D eigenvalue weighted by Crippen LogP contribution is 2.24. The SMILES string of the molecule is CC(=O)NCCN(C(=O)C(C)Oc1ccc(C(C)(C)C)cc1)C(C)C(=O)O. The van der Waals surface area contributed by atoms with Gasteiger partial charge in [-0.15, -0.1) is 0 Å². The highest BCUT2D eigenvalue weighted by Gasteiger charge is 2.29. The highest BCUT2D eigenvalue weighted by atomic mass is 16.5. The number of ether oxygens (including phenoxy) is 1. The van der Waals surface area contributed by atoms with Crippen LogP contribution in [-0.4, -0.2) is 53.0 Å². The van der Waals surface area contributed by atoms with Gasteiger partial charge in [-0.05, 0) is 37.0 Å². The van der Waals surface area contributed by atoms with Gasteiger partial charge < -0.3 is 20.1 Å². The predicted octanol–water partition coefficient (Wildman–Crippen LogP) is 2.19. The quantitative estimate of drug-likeness (QED) is 0.723. The summed E-state index contributed by atoms with van der Waals surface area (Å²) < 4.78 is 5.71. The maximum absolute atomic E-state index is 12.7. The lowest BCUT2D eigenvalue weighted by molar-refractivity contribution is -0.152. The van der Waals surface area contributed by atoms with E-state index in [0.29, 0.717) is 5.75 Å². The van der Waals surface area contributed by atoms with Gasteiger partial charge in [-0.3, -0.25) is 9.59 Å². The molecule has 0 aliphatic rings. The Balaban J connectivity index is 2.84. The molecule has 0 spiro atoms. The summed E-state index contributed by atoms with van der Waals surface area (Å²) in [6.07, 6.45) is -0.857. The molecule has 0 saturated carbocycles. The standard InChI is InChI=1S/C20H30N2O5/c1-13(19(25)26)22(12-11-21-15(3)23)18(24)14(2)27-17-9-7-16(8-10-17)20(4,5)6/h7-10,13-14H,11-12H2,1-6H3,(H,21,23)(H,25,26). The first-order chi connectivity index (χ1) is 12.4. The molecule has 0 aliphatic heterocycles. The number of nitrogens with zero attached hydrogens (tertiary/aromatic N) is 1. The van der Waals surface area contributed by atoms with Gasteiger partial charge in [0, 0.05) is 20.0 Å². The summed E-state index contributed by atoms with van der Waals surface area (Å²) in [5.74, 6) is -1.27. The molecule has 0 heterocycles. The first-order valence-electron chi connectivity index (χ1n) is 8.98. The molecule has 2 atom stereocenters. The number of carbonyl (C=O) groups excluding carboxylic acids is 2. The van der Waals surface area contributed by atoms with Crippen molar-refractivity contribution in [3.8, 4) is 5.75 Å². The normalized spacial score (nSPS) is 13.4. The summed E-state index contributed by atoms with van der Waals surface area (Å²) in [7, 11) is 0. The molecule has 1 aromatic carbocycles. The maximum atomic E-state index is 12.7. The number of carbonyl (C=O) groups is 3. The van der Waals surface area contributed by atoms with Crippen LogP contribution in [-0.2, 0) is 19.8 Å². The van der Waals surface area contributed by atoms with Crippen LogP contribution < -0.4 is 10.1 Å². The molecule has 2 N–H and O–H groups in total. The van der Waals surface area contributed by atoms with Crippen LogP contribution in [0.5, 0.6) is 5.75 Å². The van der Waals surface area contributed by atoms with E-state index in [1.165, 1.54) is 18.7 Å². The minimum absolute atomic E-state index is 0.0113. The van der Waals surface area contributed by atoms with Crippen molar-refractivity contribution in [1.29, 1.82) is 0 Å². The fourth-order valence-corrected chi connectivity index (χ4v) is 2.50. The van der Waals surface area contributed by atoms with Gasteiger partial charge in [-0.25, -0.2) is 4.79 Å². The van der Waals surface area contributed by atoms with Gasteiger partial charge in [0.15, 0.2) is 6.10 Å². The van der Waals surface area contributed by atoms with Crippen LogP contribution in [0.3, 0.4) is 0 Å². The van der Waals surface area contributed by atoms with E-state index in [-0.39, 0.29) is 24.4 Å². The zero-order valence-electron chi connectivity index (χ0n) is 16.9. The summed E-state index contributed by atoms with van der Waals surface area (Å²) in [6.45, 7) is 11.0. The molecule has 1 rings (SSSR count). The lowest BCUT2D eigenvalue weighted by Gasteiger charge is -2.29. The number of aliphatic carboxylic acids is 1. The number of carboxylic acids is 1. The van der Waals surface area contributed by atoms with Crippen LogP contribution in [0.2, 0.25) is 0 Å². The number of rotatable bonds is 8. The van der Waals surface area contributed by atoms with Gasteiger partial charge in [-0.2, -0.15) is 0 Å². The highest BCUT2D eigenvalue weighted by molar-refractivity contribution is 5.86. The van der Waals surface area contributed by atoms with Crippen LogP contribution in [0.25, 0.3) is 0 Å². The van der Waals surface area contributed by atoms with E-state index in [4.69, 9.17) is 4.74 Å². The Hall–Kier alpha value is -2.57. The Morgan fingerprint density at radius 3 is 2.15 bits per heavy atom. The summed E-state index contributed by atoms with van der Waals surface area (Å²) >= 11 is 0. The minimum Gasteiger partial charge on any atom is -0.481 e. The van der Waals surface area contributed by atoms with E-state index in [9.17, 15) is 19.5 Å². The van der Waals surface area contributed by atoms with Crippen LogP contribution >= 0.6 is 0 Å². The Bertz CT molecular complexity index is 664. The third-order valence-electron chi connectivity index (χ3n) is 4.22. The van der Waals surface area contributed by atoms with E-state index < -0.39 is 24.0 Å². The van der Waals surface area contributed by atoms with Crippen LogP contribution in [0.1, 0.15) is 47.1 Å². The van der Waals surface area contributed by atoms with Crippen molar-refractivity contribution < 1.29 is 24.2 Å². The molecule has 0 radical (unpaired) electrons. The number of benzene rings is 1. The third kappa shape index (κ3) is 6.92. The second-order valence-electron chi connectivity index (χ2n) is 7.56. The van der Waals surface area contributed by atoms with Gasteiger partial charge in [0.05, 0.1) is 0 Å². The smallest absolute Gasteiger partial charge is 0.326 e. The van der Waals surface area contributed by atoms with Crippen LogP contribution in [0.4, 0.5) is 0 Å². The molecule has 0 saturated heterocycles. The van der Waals surface area contributed by atoms with Crippen molar-refractivity contribution in [1.82, 2.24) is 10.2 Å². The predicted molar refractivity (Wildman–Crippen MR) is 103 cm³/mol. The van der Waals surface area contributed by atoms with Gasteiger partial charge in [0.25, 0.3) is 5.91 Å². The molecular formula is C20H30N2O5. The van der Waals surface area contributed by atoms with Crippen LogP contribution in [0.15, 0.2) is 24.3 Å². The molecule has 150 valence electrons. The van der Waals surface area contributed by atoms with Crippen molar-refractivity contribution in [2.45, 2.75) is 59.1 Å². The molecule has 0 bridgehead atoms. The van der Waals surface area contributed by atoms with Crippen LogP contribution in [0, 0.1) is 0 Å². The Morgan fingerprint density at radius 2 is 1.70 bits per heavy atom. The van der Waals surface area contributed by atoms with E-state index >= 15 is 0 Å². The van der Waals surface area contributed by atoms with Crippen molar-refractivity contribution in [2.75, 3.05) is 13.1 Å². The molecular weight excluding hydrogens is 348 g/mol. The third-order valence-corrected chi connectivity index (χ3v) is 4.22. The molecule has 2 unspecified atom stereocenters. The van der Waals surface area contributed by atoms with E-state index in [0.717, 1.165) is 5.56 Å². The van der Waals surface area contributed by atoms with Gasteiger partial charge >= 0.3 is 5.97 Å². The number of nitrogens with one attached hydrogen (secondary N) is 1. The topological polar surface area (TPSA) is 95.9 Å². The van der Waals surface area contributed by atoms with Crippen molar-refractivity contribution in [3.63, 3.8) is 0 Å². The largest absolute Gasteiger partial charge is 0.481 e. The lowest BCUT2D eigenvalue weighted by atomic mass is 9.87. The second kappa shape index (κ2) is 9.39. The molecule has 2 amide bonds. The molecule has 1 aromatic rings. The van der Waals surface area contributed by atoms with Crippen molar-refractivity contribution in [3.05, 3.63) is 29.8 Å².